The van der Waals surface area contributed by atoms with Gasteiger partial charge < -0.3 is 4.48 Å². The van der Waals surface area contributed by atoms with Crippen LogP contribution in [0.4, 0.5) is 0 Å². The minimum atomic E-state index is 0.379. The van der Waals surface area contributed by atoms with Gasteiger partial charge in [0, 0.05) is 0 Å². The van der Waals surface area contributed by atoms with Gasteiger partial charge in [-0.15, -0.1) is 0 Å². The Morgan fingerprint density at radius 2 is 0.815 bits per heavy atom. The first-order valence-corrected chi connectivity index (χ1v) is 10.9. The van der Waals surface area contributed by atoms with Crippen molar-refractivity contribution in [2.45, 2.75) is 94.9 Å². The van der Waals surface area contributed by atoms with Crippen LogP contribution in [-0.4, -0.2) is 31.7 Å². The average Bonchev–Trinajstić information content (AvgIpc) is 2.34. The van der Waals surface area contributed by atoms with Crippen molar-refractivity contribution >= 4 is 0 Å². The van der Waals surface area contributed by atoms with Crippen LogP contribution in [0.5, 0.6) is 0 Å². The molecule has 0 amide bonds. The minimum Gasteiger partial charge on any atom is -0.322 e. The summed E-state index contributed by atoms with van der Waals surface area (Å²) in [5.41, 5.74) is 1.56. The quantitative estimate of drug-likeness (QED) is 0.268. The van der Waals surface area contributed by atoms with Crippen LogP contribution in [0, 0.1) is 21.7 Å². The molecule has 0 aromatic carbocycles. The Kier molecular flexibility index (Phi) is 9.57. The van der Waals surface area contributed by atoms with Crippen molar-refractivity contribution in [2.75, 3.05) is 27.2 Å². The van der Waals surface area contributed by atoms with E-state index in [0.29, 0.717) is 21.7 Å². The van der Waals surface area contributed by atoms with Crippen LogP contribution in [-0.2, 0) is 0 Å². The molecule has 0 N–H and O–H groups in total. The summed E-state index contributed by atoms with van der Waals surface area (Å²) in [4.78, 5) is 0. The topological polar surface area (TPSA) is 0 Å². The molecule has 0 fully saturated rings. The predicted octanol–water partition coefficient (Wildman–Crippen LogP) is 7.88. The SMILES string of the molecule is CC(C)(C)CC(C)(C)C/C=C/C[N+](C)(C)C/C=C/CC(C)(C)CC(C)(C)C. The molecule has 0 aliphatic heterocycles. The molecule has 0 heterocycles. The second kappa shape index (κ2) is 9.77. The minimum absolute atomic E-state index is 0.379. The van der Waals surface area contributed by atoms with Gasteiger partial charge in [-0.2, -0.15) is 0 Å². The molecule has 0 radical (unpaired) electrons. The smallest absolute Gasteiger partial charge is 0.0972 e. The average molecular weight is 379 g/mol. The van der Waals surface area contributed by atoms with Crippen molar-refractivity contribution in [3.05, 3.63) is 24.3 Å². The van der Waals surface area contributed by atoms with Gasteiger partial charge in [-0.05, 0) is 59.5 Å². The first kappa shape index (κ1) is 26.4. The fourth-order valence-corrected chi connectivity index (χ4v) is 4.61. The number of allylic oxidation sites excluding steroid dienone is 2. The number of hydrogen-bond acceptors (Lipinski definition) is 0. The van der Waals surface area contributed by atoms with E-state index in [-0.39, 0.29) is 0 Å². The summed E-state index contributed by atoms with van der Waals surface area (Å²) in [5.74, 6) is 0. The molecule has 0 unspecified atom stereocenters. The molecule has 0 saturated heterocycles. The highest BCUT2D eigenvalue weighted by Crippen LogP contribution is 2.36. The summed E-state index contributed by atoms with van der Waals surface area (Å²) < 4.78 is 1.02. The van der Waals surface area contributed by atoms with Gasteiger partial charge in [0.1, 0.15) is 0 Å². The fourth-order valence-electron chi connectivity index (χ4n) is 4.61. The van der Waals surface area contributed by atoms with E-state index in [1.165, 1.54) is 25.7 Å². The molecule has 1 nitrogen and oxygen atoms in total. The lowest BCUT2D eigenvalue weighted by molar-refractivity contribution is -0.878. The third kappa shape index (κ3) is 16.1. The van der Waals surface area contributed by atoms with Crippen molar-refractivity contribution in [2.24, 2.45) is 21.7 Å². The number of hydrogen-bond donors (Lipinski definition) is 0. The maximum atomic E-state index is 2.40. The third-order valence-electron chi connectivity index (χ3n) is 4.89. The van der Waals surface area contributed by atoms with Crippen LogP contribution in [0.3, 0.4) is 0 Å². The molecular weight excluding hydrogens is 326 g/mol. The van der Waals surface area contributed by atoms with E-state index in [2.05, 4.69) is 108 Å². The van der Waals surface area contributed by atoms with Crippen molar-refractivity contribution in [3.8, 4) is 0 Å². The maximum absolute atomic E-state index is 2.40. The molecule has 0 saturated carbocycles. The molecule has 0 spiro atoms. The Morgan fingerprint density at radius 1 is 0.519 bits per heavy atom. The first-order valence-electron chi connectivity index (χ1n) is 10.9. The van der Waals surface area contributed by atoms with Gasteiger partial charge in [0.25, 0.3) is 0 Å². The number of rotatable bonds is 10. The zero-order chi connectivity index (χ0) is 21.6. The number of likely N-dealkylation sites (N-methyl/N-ethyl adjacent to an activating group) is 1. The third-order valence-corrected chi connectivity index (χ3v) is 4.89. The van der Waals surface area contributed by atoms with Crippen molar-refractivity contribution in [1.82, 2.24) is 0 Å². The molecule has 0 bridgehead atoms. The highest BCUT2D eigenvalue weighted by molar-refractivity contribution is 4.91. The Labute approximate surface area is 172 Å². The summed E-state index contributed by atoms with van der Waals surface area (Å²) in [5, 5.41) is 0. The van der Waals surface area contributed by atoms with E-state index in [4.69, 9.17) is 0 Å². The van der Waals surface area contributed by atoms with Crippen LogP contribution in [0.1, 0.15) is 94.9 Å². The fraction of sp³-hybridized carbons (Fsp3) is 0.846. The largest absolute Gasteiger partial charge is 0.322 e. The summed E-state index contributed by atoms with van der Waals surface area (Å²) in [6.07, 6.45) is 14.4. The second-order valence-electron chi connectivity index (χ2n) is 13.5. The monoisotopic (exact) mass is 378 g/mol. The van der Waals surface area contributed by atoms with Gasteiger partial charge in [-0.1, -0.05) is 81.4 Å². The first-order chi connectivity index (χ1) is 11.8. The van der Waals surface area contributed by atoms with Gasteiger partial charge in [-0.25, -0.2) is 0 Å². The van der Waals surface area contributed by atoms with E-state index < -0.39 is 0 Å². The lowest BCUT2D eigenvalue weighted by Gasteiger charge is -2.32. The zero-order valence-corrected chi connectivity index (χ0v) is 21.0. The summed E-state index contributed by atoms with van der Waals surface area (Å²) in [6.45, 7) is 25.8. The van der Waals surface area contributed by atoms with E-state index in [1.807, 2.05) is 0 Å². The van der Waals surface area contributed by atoms with E-state index in [0.717, 1.165) is 17.6 Å². The van der Waals surface area contributed by atoms with Crippen molar-refractivity contribution < 1.29 is 4.48 Å². The Morgan fingerprint density at radius 3 is 1.07 bits per heavy atom. The summed E-state index contributed by atoms with van der Waals surface area (Å²) in [7, 11) is 4.66. The molecule has 0 aliphatic rings. The lowest BCUT2D eigenvalue weighted by Crippen LogP contribution is -2.39. The van der Waals surface area contributed by atoms with Gasteiger partial charge in [0.05, 0.1) is 27.2 Å². The normalized spacial score (nSPS) is 15.3. The van der Waals surface area contributed by atoms with E-state index >= 15 is 0 Å². The standard InChI is InChI=1S/C26H52N/c1-23(2,3)21-25(7,8)17-13-15-19-27(11,12)20-16-14-18-26(9,10)22-24(4,5)6/h13-16H,17-22H2,1-12H3/q+1/b15-13+,16-14+. The molecule has 0 aromatic rings. The van der Waals surface area contributed by atoms with Crippen molar-refractivity contribution in [1.29, 1.82) is 0 Å². The maximum Gasteiger partial charge on any atom is 0.0972 e. The van der Waals surface area contributed by atoms with Gasteiger partial charge >= 0.3 is 0 Å². The van der Waals surface area contributed by atoms with Crippen LogP contribution < -0.4 is 0 Å². The molecule has 27 heavy (non-hydrogen) atoms. The molecule has 0 aromatic heterocycles. The van der Waals surface area contributed by atoms with Gasteiger partial charge in [0.2, 0.25) is 0 Å². The van der Waals surface area contributed by atoms with Gasteiger partial charge in [0.15, 0.2) is 0 Å². The molecule has 160 valence electrons. The van der Waals surface area contributed by atoms with E-state index in [1.54, 1.807) is 0 Å². The van der Waals surface area contributed by atoms with Crippen LogP contribution in [0.15, 0.2) is 24.3 Å². The van der Waals surface area contributed by atoms with Crippen molar-refractivity contribution in [3.63, 3.8) is 0 Å². The Bertz CT molecular complexity index is 431. The van der Waals surface area contributed by atoms with Crippen LogP contribution >= 0.6 is 0 Å². The number of quaternary nitrogens is 1. The summed E-state index contributed by atoms with van der Waals surface area (Å²) in [6, 6.07) is 0. The van der Waals surface area contributed by atoms with Crippen LogP contribution in [0.25, 0.3) is 0 Å². The summed E-state index contributed by atoms with van der Waals surface area (Å²) >= 11 is 0. The molecular formula is C26H52N+. The van der Waals surface area contributed by atoms with Crippen LogP contribution in [0.2, 0.25) is 0 Å². The Hall–Kier alpha value is -0.560. The van der Waals surface area contributed by atoms with Gasteiger partial charge in [-0.3, -0.25) is 0 Å². The molecule has 0 rings (SSSR count). The second-order valence-corrected chi connectivity index (χ2v) is 13.5. The molecule has 0 aliphatic carbocycles. The van der Waals surface area contributed by atoms with E-state index in [9.17, 15) is 0 Å². The lowest BCUT2D eigenvalue weighted by atomic mass is 9.74. The highest BCUT2D eigenvalue weighted by atomic mass is 15.3. The highest BCUT2D eigenvalue weighted by Gasteiger charge is 2.25. The Balaban J connectivity index is 4.41. The zero-order valence-electron chi connectivity index (χ0n) is 21.0. The molecule has 0 atom stereocenters. The predicted molar refractivity (Wildman–Crippen MR) is 125 cm³/mol. The number of nitrogens with zero attached hydrogens (tertiary/aromatic N) is 1. The molecule has 1 heteroatoms.